The maximum absolute atomic E-state index is 12.4. The van der Waals surface area contributed by atoms with Crippen molar-refractivity contribution >= 4 is 21.6 Å². The SMILES string of the molecule is FC(F)(F)c1cc2nncn2cc1Br. The van der Waals surface area contributed by atoms with Crippen LogP contribution in [-0.2, 0) is 6.18 Å². The highest BCUT2D eigenvalue weighted by molar-refractivity contribution is 9.10. The lowest BCUT2D eigenvalue weighted by Gasteiger charge is -2.08. The van der Waals surface area contributed by atoms with Crippen LogP contribution in [0.5, 0.6) is 0 Å². The summed E-state index contributed by atoms with van der Waals surface area (Å²) in [4.78, 5) is 0. The first-order valence-corrected chi connectivity index (χ1v) is 4.34. The first-order valence-electron chi connectivity index (χ1n) is 3.54. The summed E-state index contributed by atoms with van der Waals surface area (Å²) in [6.07, 6.45) is -1.77. The molecule has 7 heteroatoms. The van der Waals surface area contributed by atoms with Gasteiger partial charge in [0.05, 0.1) is 5.56 Å². The Kier molecular flexibility index (Phi) is 1.99. The van der Waals surface area contributed by atoms with Gasteiger partial charge in [0.2, 0.25) is 0 Å². The minimum Gasteiger partial charge on any atom is -0.288 e. The molecule has 0 spiro atoms. The topological polar surface area (TPSA) is 30.2 Å². The number of pyridine rings is 1. The van der Waals surface area contributed by atoms with Crippen LogP contribution in [0.15, 0.2) is 23.1 Å². The quantitative estimate of drug-likeness (QED) is 0.733. The molecule has 0 aliphatic heterocycles. The molecule has 0 aliphatic carbocycles. The molecule has 0 bridgehead atoms. The van der Waals surface area contributed by atoms with Gasteiger partial charge in [0.1, 0.15) is 6.33 Å². The van der Waals surface area contributed by atoms with Gasteiger partial charge in [0, 0.05) is 10.7 Å². The summed E-state index contributed by atoms with van der Waals surface area (Å²) in [6, 6.07) is 0.942. The predicted octanol–water partition coefficient (Wildman–Crippen LogP) is 2.51. The van der Waals surface area contributed by atoms with Gasteiger partial charge in [0.15, 0.2) is 5.65 Å². The first-order chi connectivity index (χ1) is 6.48. The number of aromatic nitrogens is 3. The molecule has 0 radical (unpaired) electrons. The summed E-state index contributed by atoms with van der Waals surface area (Å²) in [6.45, 7) is 0. The highest BCUT2D eigenvalue weighted by Gasteiger charge is 2.33. The van der Waals surface area contributed by atoms with Gasteiger partial charge in [-0.3, -0.25) is 4.40 Å². The zero-order chi connectivity index (χ0) is 10.3. The highest BCUT2D eigenvalue weighted by atomic mass is 79.9. The minimum atomic E-state index is -4.38. The van der Waals surface area contributed by atoms with Gasteiger partial charge in [-0.05, 0) is 22.0 Å². The lowest BCUT2D eigenvalue weighted by atomic mass is 10.2. The molecule has 0 unspecified atom stereocenters. The summed E-state index contributed by atoms with van der Waals surface area (Å²) >= 11 is 2.84. The molecule has 0 saturated heterocycles. The van der Waals surface area contributed by atoms with Crippen molar-refractivity contribution in [3.05, 3.63) is 28.6 Å². The van der Waals surface area contributed by atoms with Crippen molar-refractivity contribution in [3.63, 3.8) is 0 Å². The summed E-state index contributed by atoms with van der Waals surface area (Å²) in [5.41, 5.74) is -0.585. The third-order valence-corrected chi connectivity index (χ3v) is 2.32. The van der Waals surface area contributed by atoms with Crippen molar-refractivity contribution in [2.24, 2.45) is 0 Å². The number of hydrogen-bond acceptors (Lipinski definition) is 2. The highest BCUT2D eigenvalue weighted by Crippen LogP contribution is 2.34. The monoisotopic (exact) mass is 265 g/mol. The molecule has 0 amide bonds. The van der Waals surface area contributed by atoms with Crippen molar-refractivity contribution in [3.8, 4) is 0 Å². The van der Waals surface area contributed by atoms with Gasteiger partial charge in [-0.15, -0.1) is 10.2 Å². The zero-order valence-electron chi connectivity index (χ0n) is 6.59. The fourth-order valence-corrected chi connectivity index (χ4v) is 1.62. The number of hydrogen-bond donors (Lipinski definition) is 0. The molecule has 0 saturated carbocycles. The van der Waals surface area contributed by atoms with E-state index in [1.807, 2.05) is 0 Å². The van der Waals surface area contributed by atoms with Crippen LogP contribution in [0, 0.1) is 0 Å². The Morgan fingerprint density at radius 2 is 2.07 bits per heavy atom. The average Bonchev–Trinajstić information content (AvgIpc) is 2.47. The Hall–Kier alpha value is -1.11. The molecule has 14 heavy (non-hydrogen) atoms. The molecular weight excluding hydrogens is 263 g/mol. The second-order valence-electron chi connectivity index (χ2n) is 2.63. The van der Waals surface area contributed by atoms with Crippen molar-refractivity contribution < 1.29 is 13.2 Å². The van der Waals surface area contributed by atoms with Crippen molar-refractivity contribution in [1.82, 2.24) is 14.6 Å². The molecule has 2 aromatic heterocycles. The fraction of sp³-hybridized carbons (Fsp3) is 0.143. The van der Waals surface area contributed by atoms with Crippen LogP contribution in [0.4, 0.5) is 13.2 Å². The van der Waals surface area contributed by atoms with E-state index in [0.29, 0.717) is 0 Å². The summed E-state index contributed by atoms with van der Waals surface area (Å²) in [5, 5.41) is 7.02. The number of halogens is 4. The lowest BCUT2D eigenvalue weighted by molar-refractivity contribution is -0.138. The second-order valence-corrected chi connectivity index (χ2v) is 3.48. The number of nitrogens with zero attached hydrogens (tertiary/aromatic N) is 3. The predicted molar refractivity (Wildman–Crippen MR) is 45.7 cm³/mol. The van der Waals surface area contributed by atoms with E-state index in [1.54, 1.807) is 0 Å². The summed E-state index contributed by atoms with van der Waals surface area (Å²) < 4.78 is 38.6. The summed E-state index contributed by atoms with van der Waals surface area (Å²) in [7, 11) is 0. The van der Waals surface area contributed by atoms with E-state index in [4.69, 9.17) is 0 Å². The van der Waals surface area contributed by atoms with Crippen molar-refractivity contribution in [2.45, 2.75) is 6.18 Å². The molecule has 0 N–H and O–H groups in total. The van der Waals surface area contributed by atoms with E-state index < -0.39 is 11.7 Å². The molecule has 2 heterocycles. The smallest absolute Gasteiger partial charge is 0.288 e. The number of rotatable bonds is 0. The Bertz CT molecular complexity index is 476. The zero-order valence-corrected chi connectivity index (χ0v) is 8.17. The van der Waals surface area contributed by atoms with Gasteiger partial charge in [-0.1, -0.05) is 0 Å². The third kappa shape index (κ3) is 1.47. The van der Waals surface area contributed by atoms with Crippen LogP contribution < -0.4 is 0 Å². The maximum Gasteiger partial charge on any atom is 0.417 e. The molecular formula is C7H3BrF3N3. The van der Waals surface area contributed by atoms with Crippen molar-refractivity contribution in [2.75, 3.05) is 0 Å². The molecule has 0 aromatic carbocycles. The Balaban J connectivity index is 2.71. The Labute approximate surface area is 84.7 Å². The van der Waals surface area contributed by atoms with Gasteiger partial charge < -0.3 is 0 Å². The normalized spacial score (nSPS) is 12.3. The first kappa shape index (κ1) is 9.45. The van der Waals surface area contributed by atoms with Crippen LogP contribution in [0.25, 0.3) is 5.65 Å². The molecule has 74 valence electrons. The van der Waals surface area contributed by atoms with E-state index in [-0.39, 0.29) is 10.1 Å². The number of fused-ring (bicyclic) bond motifs is 1. The molecule has 2 aromatic rings. The van der Waals surface area contributed by atoms with Crippen LogP contribution in [0.2, 0.25) is 0 Å². The lowest BCUT2D eigenvalue weighted by Crippen LogP contribution is -2.06. The van der Waals surface area contributed by atoms with E-state index in [2.05, 4.69) is 26.1 Å². The molecule has 3 nitrogen and oxygen atoms in total. The van der Waals surface area contributed by atoms with Gasteiger partial charge in [-0.2, -0.15) is 13.2 Å². The van der Waals surface area contributed by atoms with Gasteiger partial charge in [0.25, 0.3) is 0 Å². The van der Waals surface area contributed by atoms with E-state index in [9.17, 15) is 13.2 Å². The standard InChI is InChI=1S/C7H3BrF3N3/c8-5-2-14-3-12-13-6(14)1-4(5)7(9,10)11/h1-3H. The van der Waals surface area contributed by atoms with E-state index in [0.717, 1.165) is 6.07 Å². The van der Waals surface area contributed by atoms with Crippen LogP contribution in [0.1, 0.15) is 5.56 Å². The average molecular weight is 266 g/mol. The van der Waals surface area contributed by atoms with Crippen molar-refractivity contribution in [1.29, 1.82) is 0 Å². The van der Waals surface area contributed by atoms with Crippen LogP contribution in [-0.4, -0.2) is 14.6 Å². The molecule has 2 rings (SSSR count). The summed E-state index contributed by atoms with van der Waals surface area (Å²) in [5.74, 6) is 0. The second kappa shape index (κ2) is 2.94. The van der Waals surface area contributed by atoms with Crippen LogP contribution >= 0.6 is 15.9 Å². The third-order valence-electron chi connectivity index (χ3n) is 1.69. The minimum absolute atomic E-state index is 0.0303. The van der Waals surface area contributed by atoms with E-state index in [1.165, 1.54) is 16.9 Å². The van der Waals surface area contributed by atoms with E-state index >= 15 is 0 Å². The molecule has 0 atom stereocenters. The molecule has 0 fully saturated rings. The Morgan fingerprint density at radius 1 is 1.36 bits per heavy atom. The van der Waals surface area contributed by atoms with Gasteiger partial charge in [-0.25, -0.2) is 0 Å². The maximum atomic E-state index is 12.4. The molecule has 0 aliphatic rings. The van der Waals surface area contributed by atoms with Crippen LogP contribution in [0.3, 0.4) is 0 Å². The number of alkyl halides is 3. The largest absolute Gasteiger partial charge is 0.417 e. The Morgan fingerprint density at radius 3 is 2.71 bits per heavy atom. The fourth-order valence-electron chi connectivity index (χ4n) is 1.06. The van der Waals surface area contributed by atoms with Gasteiger partial charge >= 0.3 is 6.18 Å².